The van der Waals surface area contributed by atoms with E-state index in [-0.39, 0.29) is 17.9 Å². The van der Waals surface area contributed by atoms with Gasteiger partial charge in [0.2, 0.25) is 0 Å². The van der Waals surface area contributed by atoms with E-state index >= 15 is 0 Å². The normalized spacial score (nSPS) is 18.4. The molecule has 0 bridgehead atoms. The largest absolute Gasteiger partial charge is 0.493 e. The minimum atomic E-state index is -0.109. The van der Waals surface area contributed by atoms with Crippen LogP contribution in [0.1, 0.15) is 40.5 Å². The zero-order chi connectivity index (χ0) is 17.6. The van der Waals surface area contributed by atoms with Gasteiger partial charge in [-0.05, 0) is 52.7 Å². The van der Waals surface area contributed by atoms with Crippen molar-refractivity contribution in [3.63, 3.8) is 0 Å². The van der Waals surface area contributed by atoms with Gasteiger partial charge in [0, 0.05) is 24.5 Å². The van der Waals surface area contributed by atoms with Crippen molar-refractivity contribution in [1.29, 1.82) is 0 Å². The molecule has 0 N–H and O–H groups in total. The lowest BCUT2D eigenvalue weighted by Crippen LogP contribution is -2.46. The molecule has 0 spiro atoms. The van der Waals surface area contributed by atoms with Crippen LogP contribution in [0.3, 0.4) is 0 Å². The molecule has 1 aliphatic rings. The van der Waals surface area contributed by atoms with E-state index in [1.165, 1.54) is 0 Å². The Balaban J connectivity index is 1.80. The number of alkyl halides is 1. The molecule has 1 aliphatic heterocycles. The van der Waals surface area contributed by atoms with Gasteiger partial charge in [0.05, 0.1) is 12.2 Å². The maximum Gasteiger partial charge on any atom is 0.123 e. The van der Waals surface area contributed by atoms with Gasteiger partial charge in [-0.25, -0.2) is 0 Å². The van der Waals surface area contributed by atoms with E-state index in [2.05, 4.69) is 48.5 Å². The predicted octanol–water partition coefficient (Wildman–Crippen LogP) is 4.46. The van der Waals surface area contributed by atoms with Crippen molar-refractivity contribution in [1.82, 2.24) is 4.90 Å². The van der Waals surface area contributed by atoms with Gasteiger partial charge in [0.1, 0.15) is 23.8 Å². The Morgan fingerprint density at radius 2 is 1.88 bits per heavy atom. The number of piperidine rings is 1. The summed E-state index contributed by atoms with van der Waals surface area (Å²) in [5, 5.41) is 0.825. The van der Waals surface area contributed by atoms with Crippen LogP contribution in [0, 0.1) is 0 Å². The summed E-state index contributed by atoms with van der Waals surface area (Å²) >= 11 is 3.37. The first kappa shape index (κ1) is 19.5. The van der Waals surface area contributed by atoms with E-state index in [0.29, 0.717) is 6.61 Å². The highest BCUT2D eigenvalue weighted by atomic mass is 79.9. The zero-order valence-electron chi connectivity index (χ0n) is 15.3. The molecule has 0 unspecified atom stereocenters. The van der Waals surface area contributed by atoms with Crippen molar-refractivity contribution in [2.45, 2.75) is 58.5 Å². The topological polar surface area (TPSA) is 30.9 Å². The highest BCUT2D eigenvalue weighted by Crippen LogP contribution is 2.25. The van der Waals surface area contributed by atoms with Crippen LogP contribution in [0.15, 0.2) is 24.3 Å². The molecule has 1 atom stereocenters. The van der Waals surface area contributed by atoms with Crippen LogP contribution >= 0.6 is 15.9 Å². The van der Waals surface area contributed by atoms with Crippen LogP contribution in [-0.4, -0.2) is 47.9 Å². The zero-order valence-corrected chi connectivity index (χ0v) is 16.8. The quantitative estimate of drug-likeness (QED) is 0.633. The molecule has 0 saturated carbocycles. The Hall–Kier alpha value is -0.780. The second kappa shape index (κ2) is 9.07. The number of benzene rings is 1. The third-order valence-electron chi connectivity index (χ3n) is 3.97. The van der Waals surface area contributed by atoms with Crippen LogP contribution in [0.5, 0.6) is 11.5 Å². The molecule has 5 heteroatoms. The van der Waals surface area contributed by atoms with Gasteiger partial charge in [0.15, 0.2) is 0 Å². The smallest absolute Gasteiger partial charge is 0.123 e. The highest BCUT2D eigenvalue weighted by molar-refractivity contribution is 9.09. The number of rotatable bonds is 7. The minimum absolute atomic E-state index is 0.109. The molecule has 1 heterocycles. The molecule has 0 radical (unpaired) electrons. The lowest BCUT2D eigenvalue weighted by atomic mass is 10.1. The van der Waals surface area contributed by atoms with E-state index in [1.54, 1.807) is 0 Å². The fourth-order valence-corrected chi connectivity index (χ4v) is 3.09. The summed E-state index contributed by atoms with van der Waals surface area (Å²) < 4.78 is 17.8. The highest BCUT2D eigenvalue weighted by Gasteiger charge is 2.26. The monoisotopic (exact) mass is 399 g/mol. The standard InChI is InChI=1S/C19H30BrNO3/c1-15(24-19(2,3)4)21-11-8-16(9-12-21)23-18-7-5-6-17(14-18)22-13-10-20/h5-7,14-16H,8-13H2,1-4H3/t15-/m0/s1. The average Bonchev–Trinajstić information content (AvgIpc) is 2.52. The average molecular weight is 400 g/mol. The summed E-state index contributed by atoms with van der Waals surface area (Å²) in [4.78, 5) is 2.39. The molecule has 0 amide bonds. The van der Waals surface area contributed by atoms with Crippen LogP contribution in [0.4, 0.5) is 0 Å². The van der Waals surface area contributed by atoms with E-state index in [4.69, 9.17) is 14.2 Å². The fourth-order valence-electron chi connectivity index (χ4n) is 2.93. The van der Waals surface area contributed by atoms with E-state index in [9.17, 15) is 0 Å². The van der Waals surface area contributed by atoms with E-state index < -0.39 is 0 Å². The molecule has 1 saturated heterocycles. The molecule has 0 aromatic heterocycles. The number of halogens is 1. The second-order valence-corrected chi connectivity index (χ2v) is 7.99. The third kappa shape index (κ3) is 6.61. The van der Waals surface area contributed by atoms with E-state index in [1.807, 2.05) is 24.3 Å². The van der Waals surface area contributed by atoms with Gasteiger partial charge in [-0.15, -0.1) is 0 Å². The fraction of sp³-hybridized carbons (Fsp3) is 0.684. The Bertz CT molecular complexity index is 496. The van der Waals surface area contributed by atoms with Gasteiger partial charge < -0.3 is 14.2 Å². The number of likely N-dealkylation sites (tertiary alicyclic amines) is 1. The maximum absolute atomic E-state index is 6.15. The first-order valence-corrected chi connectivity index (χ1v) is 9.87. The summed E-state index contributed by atoms with van der Waals surface area (Å²) in [6, 6.07) is 7.91. The van der Waals surface area contributed by atoms with Crippen molar-refractivity contribution >= 4 is 15.9 Å². The molecule has 2 rings (SSSR count). The van der Waals surface area contributed by atoms with Crippen molar-refractivity contribution < 1.29 is 14.2 Å². The first-order valence-electron chi connectivity index (χ1n) is 8.75. The lowest BCUT2D eigenvalue weighted by Gasteiger charge is -2.38. The lowest BCUT2D eigenvalue weighted by molar-refractivity contribution is -0.132. The predicted molar refractivity (Wildman–Crippen MR) is 101 cm³/mol. The van der Waals surface area contributed by atoms with Crippen LogP contribution in [-0.2, 0) is 4.74 Å². The summed E-state index contributed by atoms with van der Waals surface area (Å²) in [5.74, 6) is 1.75. The van der Waals surface area contributed by atoms with Crippen molar-refractivity contribution in [2.24, 2.45) is 0 Å². The van der Waals surface area contributed by atoms with Gasteiger partial charge in [-0.2, -0.15) is 0 Å². The summed E-state index contributed by atoms with van der Waals surface area (Å²) in [5.41, 5.74) is -0.109. The van der Waals surface area contributed by atoms with Crippen LogP contribution in [0.25, 0.3) is 0 Å². The van der Waals surface area contributed by atoms with Gasteiger partial charge in [-0.1, -0.05) is 22.0 Å². The number of ether oxygens (including phenoxy) is 3. The molecular weight excluding hydrogens is 370 g/mol. The van der Waals surface area contributed by atoms with Gasteiger partial charge in [0.25, 0.3) is 0 Å². The SMILES string of the molecule is C[C@H](OC(C)(C)C)N1CCC(Oc2cccc(OCCBr)c2)CC1. The maximum atomic E-state index is 6.15. The summed E-state index contributed by atoms with van der Waals surface area (Å²) in [6.07, 6.45) is 2.44. The van der Waals surface area contributed by atoms with E-state index in [0.717, 1.165) is 42.8 Å². The Morgan fingerprint density at radius 3 is 2.50 bits per heavy atom. The van der Waals surface area contributed by atoms with Crippen molar-refractivity contribution in [2.75, 3.05) is 25.0 Å². The number of nitrogens with zero attached hydrogens (tertiary/aromatic N) is 1. The minimum Gasteiger partial charge on any atom is -0.493 e. The first-order chi connectivity index (χ1) is 11.4. The Kier molecular flexibility index (Phi) is 7.38. The number of hydrogen-bond donors (Lipinski definition) is 0. The van der Waals surface area contributed by atoms with Crippen molar-refractivity contribution in [3.8, 4) is 11.5 Å². The molecule has 4 nitrogen and oxygen atoms in total. The Morgan fingerprint density at radius 1 is 1.21 bits per heavy atom. The third-order valence-corrected chi connectivity index (χ3v) is 4.29. The second-order valence-electron chi connectivity index (χ2n) is 7.20. The molecule has 0 aliphatic carbocycles. The van der Waals surface area contributed by atoms with Crippen LogP contribution in [0.2, 0.25) is 0 Å². The molecular formula is C19H30BrNO3. The summed E-state index contributed by atoms with van der Waals surface area (Å²) in [7, 11) is 0. The van der Waals surface area contributed by atoms with Gasteiger partial charge >= 0.3 is 0 Å². The molecule has 1 fully saturated rings. The molecule has 1 aromatic carbocycles. The van der Waals surface area contributed by atoms with Crippen molar-refractivity contribution in [3.05, 3.63) is 24.3 Å². The van der Waals surface area contributed by atoms with Gasteiger partial charge in [-0.3, -0.25) is 4.90 Å². The Labute approximate surface area is 154 Å². The summed E-state index contributed by atoms with van der Waals surface area (Å²) in [6.45, 7) is 11.1. The van der Waals surface area contributed by atoms with Crippen LogP contribution < -0.4 is 9.47 Å². The molecule has 24 heavy (non-hydrogen) atoms. The number of hydrogen-bond acceptors (Lipinski definition) is 4. The molecule has 1 aromatic rings. The molecule has 136 valence electrons.